The maximum Gasteiger partial charge on any atom is 0.256 e. The lowest BCUT2D eigenvalue weighted by Crippen LogP contribution is -2.42. The lowest BCUT2D eigenvalue weighted by atomic mass is 9.94. The first-order valence-electron chi connectivity index (χ1n) is 10.8. The van der Waals surface area contributed by atoms with Crippen molar-refractivity contribution in [3.63, 3.8) is 0 Å². The zero-order chi connectivity index (χ0) is 22.2. The van der Waals surface area contributed by atoms with Crippen LogP contribution in [0.2, 0.25) is 0 Å². The molecule has 4 rings (SSSR count). The summed E-state index contributed by atoms with van der Waals surface area (Å²) < 4.78 is 27.6. The molecule has 164 valence electrons. The van der Waals surface area contributed by atoms with E-state index in [0.717, 1.165) is 37.7 Å². The minimum atomic E-state index is -3.58. The van der Waals surface area contributed by atoms with E-state index in [0.29, 0.717) is 41.1 Å². The second kappa shape index (κ2) is 8.73. The van der Waals surface area contributed by atoms with Gasteiger partial charge in [0.25, 0.3) is 5.91 Å². The average Bonchev–Trinajstić information content (AvgIpc) is 3.10. The van der Waals surface area contributed by atoms with E-state index in [1.165, 1.54) is 28.3 Å². The molecule has 1 amide bonds. The van der Waals surface area contributed by atoms with Crippen LogP contribution >= 0.6 is 11.3 Å². The second-order valence-electron chi connectivity index (χ2n) is 8.77. The predicted molar refractivity (Wildman–Crippen MR) is 122 cm³/mol. The number of benzene rings is 1. The molecule has 2 aliphatic rings. The molecule has 1 N–H and O–H groups in total. The van der Waals surface area contributed by atoms with Crippen molar-refractivity contribution in [3.8, 4) is 6.07 Å². The molecule has 6 nitrogen and oxygen atoms in total. The van der Waals surface area contributed by atoms with Gasteiger partial charge in [0, 0.05) is 23.5 Å². The molecule has 8 heteroatoms. The fourth-order valence-electron chi connectivity index (χ4n) is 4.68. The summed E-state index contributed by atoms with van der Waals surface area (Å²) in [7, 11) is -3.58. The van der Waals surface area contributed by atoms with Crippen LogP contribution in [0.15, 0.2) is 29.2 Å². The zero-order valence-corrected chi connectivity index (χ0v) is 19.5. The van der Waals surface area contributed by atoms with Crippen LogP contribution < -0.4 is 5.32 Å². The number of thiophene rings is 1. The molecule has 0 radical (unpaired) electrons. The fraction of sp³-hybridized carbons (Fsp3) is 0.478. The minimum absolute atomic E-state index is 0.203. The van der Waals surface area contributed by atoms with Gasteiger partial charge in [-0.3, -0.25) is 4.79 Å². The van der Waals surface area contributed by atoms with E-state index in [9.17, 15) is 18.5 Å². The molecule has 2 heterocycles. The molecule has 1 saturated heterocycles. The number of carbonyl (C=O) groups excluding carboxylic acids is 1. The van der Waals surface area contributed by atoms with E-state index < -0.39 is 10.0 Å². The molecule has 1 aliphatic heterocycles. The van der Waals surface area contributed by atoms with E-state index in [-0.39, 0.29) is 10.8 Å². The maximum atomic E-state index is 13.0. The number of anilines is 1. The molecule has 1 aromatic heterocycles. The van der Waals surface area contributed by atoms with Crippen LogP contribution in [0.1, 0.15) is 59.5 Å². The van der Waals surface area contributed by atoms with Gasteiger partial charge in [0.15, 0.2) is 0 Å². The Kier molecular flexibility index (Phi) is 6.20. The Morgan fingerprint density at radius 3 is 2.42 bits per heavy atom. The zero-order valence-electron chi connectivity index (χ0n) is 17.8. The number of nitriles is 1. The van der Waals surface area contributed by atoms with Gasteiger partial charge in [-0.1, -0.05) is 13.8 Å². The average molecular weight is 458 g/mol. The lowest BCUT2D eigenvalue weighted by molar-refractivity contribution is 0.102. The van der Waals surface area contributed by atoms with E-state index in [2.05, 4.69) is 25.2 Å². The fourth-order valence-corrected chi connectivity index (χ4v) is 7.59. The van der Waals surface area contributed by atoms with Crippen LogP contribution in [-0.2, 0) is 22.9 Å². The summed E-state index contributed by atoms with van der Waals surface area (Å²) in [5.41, 5.74) is 2.01. The van der Waals surface area contributed by atoms with Crippen molar-refractivity contribution in [1.29, 1.82) is 5.26 Å². The molecule has 0 spiro atoms. The summed E-state index contributed by atoms with van der Waals surface area (Å²) in [5, 5.41) is 13.0. The van der Waals surface area contributed by atoms with Gasteiger partial charge in [-0.05, 0) is 73.8 Å². The van der Waals surface area contributed by atoms with E-state index in [4.69, 9.17) is 0 Å². The van der Waals surface area contributed by atoms with Crippen molar-refractivity contribution in [2.24, 2.45) is 11.8 Å². The first-order chi connectivity index (χ1) is 14.8. The molecule has 2 unspecified atom stereocenters. The van der Waals surface area contributed by atoms with Crippen molar-refractivity contribution in [2.45, 2.75) is 50.8 Å². The standard InChI is InChI=1S/C23H27N3O3S2/c1-15-11-16(2)14-26(13-15)31(28,29)18-9-7-17(8-10-18)22(27)25-23-20(12-24)19-5-3-4-6-21(19)30-23/h7-10,15-16H,3-6,11,13-14H2,1-2H3,(H,25,27). The van der Waals surface area contributed by atoms with Gasteiger partial charge in [0.05, 0.1) is 10.5 Å². The third kappa shape index (κ3) is 4.40. The van der Waals surface area contributed by atoms with Gasteiger partial charge >= 0.3 is 0 Å². The minimum Gasteiger partial charge on any atom is -0.312 e. The van der Waals surface area contributed by atoms with Crippen molar-refractivity contribution in [3.05, 3.63) is 45.8 Å². The van der Waals surface area contributed by atoms with Gasteiger partial charge in [0.1, 0.15) is 11.1 Å². The highest BCUT2D eigenvalue weighted by Gasteiger charge is 2.31. The van der Waals surface area contributed by atoms with Crippen LogP contribution in [-0.4, -0.2) is 31.7 Å². The number of fused-ring (bicyclic) bond motifs is 1. The Balaban J connectivity index is 1.52. The molecular weight excluding hydrogens is 430 g/mol. The summed E-state index contributed by atoms with van der Waals surface area (Å²) in [5.74, 6) is 0.323. The number of rotatable bonds is 4. The first kappa shape index (κ1) is 22.0. The number of piperidine rings is 1. The molecule has 0 saturated carbocycles. The first-order valence-corrected chi connectivity index (χ1v) is 13.0. The van der Waals surface area contributed by atoms with Crippen molar-refractivity contribution < 1.29 is 13.2 Å². The number of sulfonamides is 1. The monoisotopic (exact) mass is 457 g/mol. The smallest absolute Gasteiger partial charge is 0.256 e. The Hall–Kier alpha value is -2.21. The predicted octanol–water partition coefficient (Wildman–Crippen LogP) is 4.42. The van der Waals surface area contributed by atoms with E-state index in [1.807, 2.05) is 0 Å². The summed E-state index contributed by atoms with van der Waals surface area (Å²) in [6, 6.07) is 8.32. The second-order valence-corrected chi connectivity index (χ2v) is 11.8. The summed E-state index contributed by atoms with van der Waals surface area (Å²) in [6.45, 7) is 5.19. The summed E-state index contributed by atoms with van der Waals surface area (Å²) in [6.07, 6.45) is 5.03. The third-order valence-corrected chi connectivity index (χ3v) is 9.15. The lowest BCUT2D eigenvalue weighted by Gasteiger charge is -2.34. The van der Waals surface area contributed by atoms with Crippen LogP contribution in [0.5, 0.6) is 0 Å². The third-order valence-electron chi connectivity index (χ3n) is 6.10. The number of carbonyl (C=O) groups is 1. The van der Waals surface area contributed by atoms with Crippen molar-refractivity contribution in [2.75, 3.05) is 18.4 Å². The van der Waals surface area contributed by atoms with Crippen LogP contribution in [0.3, 0.4) is 0 Å². The quantitative estimate of drug-likeness (QED) is 0.736. The van der Waals surface area contributed by atoms with Gasteiger partial charge < -0.3 is 5.32 Å². The Morgan fingerprint density at radius 2 is 1.77 bits per heavy atom. The molecular formula is C23H27N3O3S2. The molecule has 2 aromatic rings. The van der Waals surface area contributed by atoms with Crippen LogP contribution in [0, 0.1) is 23.2 Å². The summed E-state index contributed by atoms with van der Waals surface area (Å²) in [4.78, 5) is 14.2. The highest BCUT2D eigenvalue weighted by Crippen LogP contribution is 2.37. The van der Waals surface area contributed by atoms with Crippen LogP contribution in [0.4, 0.5) is 5.00 Å². The number of nitrogens with zero attached hydrogens (tertiary/aromatic N) is 2. The highest BCUT2D eigenvalue weighted by atomic mass is 32.2. The molecule has 2 atom stereocenters. The Labute approximate surface area is 187 Å². The van der Waals surface area contributed by atoms with Crippen molar-refractivity contribution >= 4 is 32.3 Å². The maximum absolute atomic E-state index is 13.0. The molecule has 1 aromatic carbocycles. The number of hydrogen-bond acceptors (Lipinski definition) is 5. The SMILES string of the molecule is CC1CC(C)CN(S(=O)(=O)c2ccc(C(=O)Nc3sc4c(c3C#N)CCCC4)cc2)C1. The molecule has 31 heavy (non-hydrogen) atoms. The largest absolute Gasteiger partial charge is 0.312 e. The van der Waals surface area contributed by atoms with Crippen LogP contribution in [0.25, 0.3) is 0 Å². The Morgan fingerprint density at radius 1 is 1.13 bits per heavy atom. The summed E-state index contributed by atoms with van der Waals surface area (Å²) >= 11 is 1.48. The van der Waals surface area contributed by atoms with Gasteiger partial charge in [-0.2, -0.15) is 9.57 Å². The number of hydrogen-bond donors (Lipinski definition) is 1. The topological polar surface area (TPSA) is 90.3 Å². The Bertz CT molecular complexity index is 1120. The van der Waals surface area contributed by atoms with E-state index in [1.54, 1.807) is 16.4 Å². The number of nitrogens with one attached hydrogen (secondary N) is 1. The number of aryl methyl sites for hydroxylation is 1. The van der Waals surface area contributed by atoms with Gasteiger partial charge in [0.2, 0.25) is 10.0 Å². The van der Waals surface area contributed by atoms with E-state index >= 15 is 0 Å². The van der Waals surface area contributed by atoms with Crippen molar-refractivity contribution in [1.82, 2.24) is 4.31 Å². The number of amides is 1. The molecule has 1 fully saturated rings. The highest BCUT2D eigenvalue weighted by molar-refractivity contribution is 7.89. The molecule has 0 bridgehead atoms. The van der Waals surface area contributed by atoms with Gasteiger partial charge in [-0.15, -0.1) is 11.3 Å². The van der Waals surface area contributed by atoms with Gasteiger partial charge in [-0.25, -0.2) is 8.42 Å². The normalized spacial score (nSPS) is 21.8. The molecule has 1 aliphatic carbocycles.